The van der Waals surface area contributed by atoms with E-state index in [1.165, 1.54) is 12.8 Å². The molecule has 4 N–H and O–H groups in total. The normalized spacial score (nSPS) is 25.4. The lowest BCUT2D eigenvalue weighted by atomic mass is 10.1. The summed E-state index contributed by atoms with van der Waals surface area (Å²) in [5, 5.41) is 9.91. The summed E-state index contributed by atoms with van der Waals surface area (Å²) in [5.41, 5.74) is 5.84. The van der Waals surface area contributed by atoms with Gasteiger partial charge in [-0.2, -0.15) is 0 Å². The molecule has 2 aliphatic carbocycles. The van der Waals surface area contributed by atoms with Crippen LogP contribution in [0.4, 0.5) is 10.5 Å². The topological polar surface area (TPSA) is 99.4 Å². The molecule has 35 heavy (non-hydrogen) atoms. The summed E-state index contributed by atoms with van der Waals surface area (Å²) < 4.78 is 0. The van der Waals surface area contributed by atoms with E-state index in [1.54, 1.807) is 29.7 Å². The molecule has 2 amide bonds. The molecule has 2 unspecified atom stereocenters. The van der Waals surface area contributed by atoms with Crippen molar-refractivity contribution in [2.24, 2.45) is 17.6 Å². The van der Waals surface area contributed by atoms with Crippen molar-refractivity contribution in [3.05, 3.63) is 39.0 Å². The number of nitrogens with two attached hydrogens (primary N) is 1. The van der Waals surface area contributed by atoms with Gasteiger partial charge in [-0.15, -0.1) is 11.3 Å². The van der Waals surface area contributed by atoms with E-state index in [0.717, 1.165) is 56.5 Å². The third-order valence-corrected chi connectivity index (χ3v) is 8.31. The number of hydrogen-bond donors (Lipinski definition) is 3. The minimum atomic E-state index is -0.0516. The average molecular weight is 541 g/mol. The summed E-state index contributed by atoms with van der Waals surface area (Å²) in [7, 11) is 0. The molecule has 0 bridgehead atoms. The van der Waals surface area contributed by atoms with Crippen LogP contribution in [0.5, 0.6) is 0 Å². The minimum Gasteiger partial charge on any atom is -0.325 e. The summed E-state index contributed by atoms with van der Waals surface area (Å²) in [6.45, 7) is 7.81. The van der Waals surface area contributed by atoms with Gasteiger partial charge in [-0.25, -0.2) is 14.8 Å². The third-order valence-electron chi connectivity index (χ3n) is 7.12. The average Bonchev–Trinajstić information content (AvgIpc) is 3.21. The summed E-state index contributed by atoms with van der Waals surface area (Å²) in [4.78, 5) is 25.6. The molecule has 5 rings (SSSR count). The van der Waals surface area contributed by atoms with Gasteiger partial charge >= 0.3 is 6.03 Å². The lowest BCUT2D eigenvalue weighted by Crippen LogP contribution is -2.51. The maximum Gasteiger partial charge on any atom is 0.322 e. The van der Waals surface area contributed by atoms with Gasteiger partial charge in [0.25, 0.3) is 0 Å². The molecule has 3 aliphatic rings. The first kappa shape index (κ1) is 26.6. The molecule has 192 valence electrons. The van der Waals surface area contributed by atoms with Gasteiger partial charge in [0, 0.05) is 68.6 Å². The van der Waals surface area contributed by atoms with Crippen LogP contribution in [0.3, 0.4) is 0 Å². The highest BCUT2D eigenvalue weighted by molar-refractivity contribution is 7.09. The molecule has 2 aromatic rings. The molecule has 3 fully saturated rings. The summed E-state index contributed by atoms with van der Waals surface area (Å²) in [6.07, 6.45) is 6.39. The number of halogens is 2. The Labute approximate surface area is 221 Å². The lowest BCUT2D eigenvalue weighted by molar-refractivity contribution is 0.150. The third kappa shape index (κ3) is 7.50. The molecule has 1 aliphatic heterocycles. The van der Waals surface area contributed by atoms with Crippen LogP contribution in [0.25, 0.3) is 0 Å². The number of nitrogens with one attached hydrogen (secondary N) is 2. The first-order valence-electron chi connectivity index (χ1n) is 12.4. The standard InChI is InChI=1S/C20H29Cl2N5O.C4H6N2S/c1-13-12-23-5-8-26(13)6-2-7-27(17-4-3-14-9-16(14)17)20(28)24-15-10-18(21)25-19(22)11-15;5-3-4-6-1-2-7-4/h10-11,13-14,16-17,23H,2-9,12H2,1H3,(H,24,25,28);1-2H,3,5H2/t13-,14?,16?,17+;/m0./s1. The number of rotatable bonds is 7. The number of piperazine rings is 1. The molecule has 11 heteroatoms. The van der Waals surface area contributed by atoms with Crippen LogP contribution in [0.2, 0.25) is 10.3 Å². The fourth-order valence-electron chi connectivity index (χ4n) is 5.22. The highest BCUT2D eigenvalue weighted by Crippen LogP contribution is 2.53. The van der Waals surface area contributed by atoms with Crippen molar-refractivity contribution in [2.75, 3.05) is 38.0 Å². The van der Waals surface area contributed by atoms with Gasteiger partial charge in [0.2, 0.25) is 0 Å². The first-order valence-corrected chi connectivity index (χ1v) is 14.0. The van der Waals surface area contributed by atoms with Crippen LogP contribution in [0.1, 0.15) is 37.6 Å². The Bertz CT molecular complexity index is 943. The van der Waals surface area contributed by atoms with Gasteiger partial charge < -0.3 is 21.3 Å². The Hall–Kier alpha value is -1.49. The van der Waals surface area contributed by atoms with Gasteiger partial charge in [-0.1, -0.05) is 23.2 Å². The molecule has 0 radical (unpaired) electrons. The Kier molecular flexibility index (Phi) is 9.60. The van der Waals surface area contributed by atoms with Crippen LogP contribution in [-0.2, 0) is 6.54 Å². The van der Waals surface area contributed by atoms with Crippen molar-refractivity contribution in [1.29, 1.82) is 0 Å². The number of fused-ring (bicyclic) bond motifs is 1. The predicted octanol–water partition coefficient (Wildman–Crippen LogP) is 4.31. The SMILES string of the molecule is C[C@H]1CNCCN1CCCN(C(=O)Nc1cc(Cl)nc(Cl)c1)[C@@H]1CCC2CC21.NCc1nccs1. The molecular weight excluding hydrogens is 505 g/mol. The molecule has 0 spiro atoms. The molecule has 1 saturated heterocycles. The fourth-order valence-corrected chi connectivity index (χ4v) is 6.18. The second kappa shape index (κ2) is 12.7. The van der Waals surface area contributed by atoms with E-state index in [9.17, 15) is 4.79 Å². The van der Waals surface area contributed by atoms with E-state index in [-0.39, 0.29) is 16.3 Å². The van der Waals surface area contributed by atoms with Crippen molar-refractivity contribution < 1.29 is 4.79 Å². The van der Waals surface area contributed by atoms with Gasteiger partial charge in [-0.3, -0.25) is 4.90 Å². The zero-order valence-electron chi connectivity index (χ0n) is 20.1. The zero-order valence-corrected chi connectivity index (χ0v) is 22.5. The highest BCUT2D eigenvalue weighted by Gasteiger charge is 2.51. The summed E-state index contributed by atoms with van der Waals surface area (Å²) >= 11 is 13.6. The smallest absolute Gasteiger partial charge is 0.322 e. The molecule has 4 atom stereocenters. The second-order valence-corrected chi connectivity index (χ2v) is 11.3. The highest BCUT2D eigenvalue weighted by atomic mass is 35.5. The van der Waals surface area contributed by atoms with E-state index in [2.05, 4.69) is 37.3 Å². The number of pyridine rings is 1. The van der Waals surface area contributed by atoms with Gasteiger partial charge in [0.05, 0.1) is 0 Å². The Morgan fingerprint density at radius 1 is 1.34 bits per heavy atom. The van der Waals surface area contributed by atoms with Gasteiger partial charge in [0.15, 0.2) is 0 Å². The van der Waals surface area contributed by atoms with Crippen LogP contribution in [-0.4, -0.2) is 70.6 Å². The largest absolute Gasteiger partial charge is 0.325 e. The van der Waals surface area contributed by atoms with Crippen molar-refractivity contribution in [2.45, 2.75) is 51.2 Å². The number of hydrogen-bond acceptors (Lipinski definition) is 7. The van der Waals surface area contributed by atoms with Crippen molar-refractivity contribution >= 4 is 46.3 Å². The quantitative estimate of drug-likeness (QED) is 0.453. The summed E-state index contributed by atoms with van der Waals surface area (Å²) in [6, 6.07) is 4.14. The van der Waals surface area contributed by atoms with E-state index in [1.807, 2.05) is 5.38 Å². The van der Waals surface area contributed by atoms with Crippen molar-refractivity contribution in [3.63, 3.8) is 0 Å². The Morgan fingerprint density at radius 3 is 2.71 bits per heavy atom. The molecule has 2 saturated carbocycles. The molecule has 8 nitrogen and oxygen atoms in total. The molecule has 3 heterocycles. The number of amides is 2. The monoisotopic (exact) mass is 539 g/mol. The zero-order chi connectivity index (χ0) is 24.8. The van der Waals surface area contributed by atoms with Gasteiger partial charge in [-0.05, 0) is 56.6 Å². The van der Waals surface area contributed by atoms with E-state index in [4.69, 9.17) is 28.9 Å². The molecule has 0 aromatic carbocycles. The number of aromatic nitrogens is 2. The van der Waals surface area contributed by atoms with Gasteiger partial charge in [0.1, 0.15) is 15.3 Å². The second-order valence-electron chi connectivity index (χ2n) is 9.50. The van der Waals surface area contributed by atoms with Crippen LogP contribution in [0.15, 0.2) is 23.7 Å². The summed E-state index contributed by atoms with van der Waals surface area (Å²) in [5.74, 6) is 1.52. The Morgan fingerprint density at radius 2 is 2.14 bits per heavy atom. The number of nitrogens with zero attached hydrogens (tertiary/aromatic N) is 4. The van der Waals surface area contributed by atoms with E-state index < -0.39 is 0 Å². The van der Waals surface area contributed by atoms with Crippen LogP contribution >= 0.6 is 34.5 Å². The maximum absolute atomic E-state index is 13.1. The number of thiazole rings is 1. The van der Waals surface area contributed by atoms with E-state index in [0.29, 0.717) is 30.2 Å². The van der Waals surface area contributed by atoms with Crippen LogP contribution < -0.4 is 16.4 Å². The number of carbonyl (C=O) groups is 1. The Balaban J connectivity index is 0.000000356. The molecular formula is C24H35Cl2N7OS. The molecule has 2 aromatic heterocycles. The van der Waals surface area contributed by atoms with Crippen LogP contribution in [0, 0.1) is 11.8 Å². The number of anilines is 1. The first-order chi connectivity index (χ1) is 16.9. The minimum absolute atomic E-state index is 0.0516. The maximum atomic E-state index is 13.1. The lowest BCUT2D eigenvalue weighted by Gasteiger charge is -2.35. The number of urea groups is 1. The van der Waals surface area contributed by atoms with Crippen molar-refractivity contribution in [3.8, 4) is 0 Å². The number of carbonyl (C=O) groups excluding carboxylic acids is 1. The van der Waals surface area contributed by atoms with E-state index >= 15 is 0 Å². The predicted molar refractivity (Wildman–Crippen MR) is 143 cm³/mol. The fraction of sp³-hybridized carbons (Fsp3) is 0.625. The van der Waals surface area contributed by atoms with Crippen molar-refractivity contribution in [1.82, 2.24) is 25.1 Å².